The predicted molar refractivity (Wildman–Crippen MR) is 76.4 cm³/mol. The molecule has 1 heterocycles. The smallest absolute Gasteiger partial charge is 0.338 e. The Morgan fingerprint density at radius 1 is 1.35 bits per heavy atom. The van der Waals surface area contributed by atoms with Crippen molar-refractivity contribution in [3.8, 4) is 5.95 Å². The summed E-state index contributed by atoms with van der Waals surface area (Å²) in [5, 5.41) is 16.8. The number of rotatable bonds is 7. The van der Waals surface area contributed by atoms with Crippen molar-refractivity contribution in [2.45, 2.75) is 26.3 Å². The zero-order valence-corrected chi connectivity index (χ0v) is 12.7. The molecule has 2 aromatic rings. The Hall–Kier alpha value is -2.90. The van der Waals surface area contributed by atoms with Crippen molar-refractivity contribution in [1.29, 1.82) is 0 Å². The number of aromatic nitrogens is 2. The molecule has 0 saturated heterocycles. The first kappa shape index (κ1) is 16.5. The first-order valence-electron chi connectivity index (χ1n) is 7.19. The second-order valence-corrected chi connectivity index (χ2v) is 4.83. The highest BCUT2D eigenvalue weighted by Crippen LogP contribution is 2.11. The van der Waals surface area contributed by atoms with E-state index in [1.54, 1.807) is 24.3 Å². The Morgan fingerprint density at radius 2 is 2.09 bits per heavy atom. The third-order valence-electron chi connectivity index (χ3n) is 2.93. The van der Waals surface area contributed by atoms with Crippen LogP contribution in [-0.4, -0.2) is 23.8 Å². The van der Waals surface area contributed by atoms with E-state index in [9.17, 15) is 14.7 Å². The van der Waals surface area contributed by atoms with E-state index < -0.39 is 11.9 Å². The second kappa shape index (κ2) is 7.92. The van der Waals surface area contributed by atoms with Gasteiger partial charge in [0.1, 0.15) is 5.95 Å². The highest BCUT2D eigenvalue weighted by atomic mass is 16.6. The molecule has 0 saturated carbocycles. The maximum atomic E-state index is 11.8. The lowest BCUT2D eigenvalue weighted by atomic mass is 10.2. The van der Waals surface area contributed by atoms with Crippen molar-refractivity contribution in [1.82, 2.24) is 5.27 Å². The molecule has 1 aromatic heterocycles. The topological polar surface area (TPSA) is 108 Å². The zero-order valence-electron chi connectivity index (χ0n) is 12.7. The Kier molecular flexibility index (Phi) is 5.67. The van der Waals surface area contributed by atoms with Gasteiger partial charge in [0.05, 0.1) is 17.4 Å². The first-order chi connectivity index (χ1) is 11.1. The quantitative estimate of drug-likeness (QED) is 0.455. The molecular weight excluding hydrogens is 302 g/mol. The first-order valence-corrected chi connectivity index (χ1v) is 7.19. The number of hydrogen-bond acceptors (Lipinski definition) is 6. The van der Waals surface area contributed by atoms with Crippen LogP contribution in [0, 0.1) is 0 Å². The lowest BCUT2D eigenvalue weighted by Gasteiger charge is -2.05. The van der Waals surface area contributed by atoms with Crippen LogP contribution in [0.5, 0.6) is 5.95 Å². The Labute approximate surface area is 132 Å². The van der Waals surface area contributed by atoms with Gasteiger partial charge in [-0.25, -0.2) is 4.79 Å². The summed E-state index contributed by atoms with van der Waals surface area (Å²) in [5.74, 6) is -1.39. The number of ether oxygens (including phenoxy) is 1. The number of unbranched alkanes of at least 4 members (excludes halogenated alkanes) is 1. The number of hydrogen-bond donors (Lipinski definition) is 1. The molecular formula is C15H17N3O5. The lowest BCUT2D eigenvalue weighted by molar-refractivity contribution is -0.750. The van der Waals surface area contributed by atoms with Crippen molar-refractivity contribution < 1.29 is 28.6 Å². The van der Waals surface area contributed by atoms with Crippen LogP contribution in [0.4, 0.5) is 5.69 Å². The third kappa shape index (κ3) is 5.10. The van der Waals surface area contributed by atoms with E-state index in [1.165, 1.54) is 0 Å². The molecule has 0 aliphatic carbocycles. The van der Waals surface area contributed by atoms with Gasteiger partial charge < -0.3 is 19.7 Å². The molecule has 1 aromatic carbocycles. The third-order valence-corrected chi connectivity index (χ3v) is 2.93. The molecule has 8 nitrogen and oxygen atoms in total. The average Bonchev–Trinajstić information content (AvgIpc) is 2.93. The van der Waals surface area contributed by atoms with Crippen LogP contribution in [0.1, 0.15) is 30.1 Å². The van der Waals surface area contributed by atoms with Gasteiger partial charge in [-0.05, 0) is 30.7 Å². The summed E-state index contributed by atoms with van der Waals surface area (Å²) >= 11 is 0. The zero-order chi connectivity index (χ0) is 16.7. The highest BCUT2D eigenvalue weighted by molar-refractivity contribution is 5.92. The number of esters is 1. The van der Waals surface area contributed by atoms with E-state index in [1.807, 2.05) is 6.92 Å². The number of amides is 1. The van der Waals surface area contributed by atoms with Gasteiger partial charge in [-0.2, -0.15) is 0 Å². The molecule has 1 amide bonds. The minimum Gasteiger partial charge on any atom is -0.539 e. The summed E-state index contributed by atoms with van der Waals surface area (Å²) in [5.41, 5.74) is 0.938. The van der Waals surface area contributed by atoms with Crippen molar-refractivity contribution in [2.24, 2.45) is 0 Å². The molecule has 1 N–H and O–H groups in total. The van der Waals surface area contributed by atoms with E-state index in [0.29, 0.717) is 17.9 Å². The molecule has 0 atom stereocenters. The summed E-state index contributed by atoms with van der Waals surface area (Å²) < 4.78 is 10.5. The number of nitrogens with zero attached hydrogens (tertiary/aromatic N) is 2. The molecule has 0 fully saturated rings. The number of carbonyl (C=O) groups excluding carboxylic acids is 2. The summed E-state index contributed by atoms with van der Waals surface area (Å²) in [4.78, 5) is 23.5. The fourth-order valence-corrected chi connectivity index (χ4v) is 1.77. The van der Waals surface area contributed by atoms with Crippen LogP contribution in [0.25, 0.3) is 0 Å². The second-order valence-electron chi connectivity index (χ2n) is 4.83. The Balaban J connectivity index is 1.86. The SMILES string of the molecule is CCCCOC(=O)c1ccc(NC(=O)C[n+]2cc([O-])on2)cc1. The summed E-state index contributed by atoms with van der Waals surface area (Å²) in [6.45, 7) is 2.26. The Morgan fingerprint density at radius 3 is 2.70 bits per heavy atom. The molecule has 0 spiro atoms. The molecule has 23 heavy (non-hydrogen) atoms. The number of nitrogens with one attached hydrogen (secondary N) is 1. The maximum Gasteiger partial charge on any atom is 0.338 e. The normalized spacial score (nSPS) is 10.3. The van der Waals surface area contributed by atoms with Gasteiger partial charge in [-0.15, -0.1) is 0 Å². The van der Waals surface area contributed by atoms with Gasteiger partial charge in [0.15, 0.2) is 0 Å². The molecule has 122 valence electrons. The fraction of sp³-hybridized carbons (Fsp3) is 0.333. The summed E-state index contributed by atoms with van der Waals surface area (Å²) in [6, 6.07) is 6.34. The van der Waals surface area contributed by atoms with Crippen LogP contribution < -0.4 is 15.1 Å². The van der Waals surface area contributed by atoms with Gasteiger partial charge >= 0.3 is 5.97 Å². The lowest BCUT2D eigenvalue weighted by Crippen LogP contribution is -2.41. The summed E-state index contributed by atoms with van der Waals surface area (Å²) in [7, 11) is 0. The average molecular weight is 319 g/mol. The Bertz CT molecular complexity index is 666. The van der Waals surface area contributed by atoms with E-state index >= 15 is 0 Å². The van der Waals surface area contributed by atoms with Crippen LogP contribution in [0.2, 0.25) is 0 Å². The van der Waals surface area contributed by atoms with E-state index in [0.717, 1.165) is 23.7 Å². The van der Waals surface area contributed by atoms with Crippen molar-refractivity contribution >= 4 is 17.6 Å². The van der Waals surface area contributed by atoms with Gasteiger partial charge in [0.2, 0.25) is 6.20 Å². The minimum atomic E-state index is -0.622. The number of benzene rings is 1. The molecule has 2 rings (SSSR count). The standard InChI is InChI=1S/C15H17N3O5/c1-2-3-8-22-15(21)11-4-6-12(7-5-11)16-13(19)9-18-10-14(20)23-17-18/h4-7,10H,2-3,8-9H2,1H3,(H-,16,17,19,20,21). The molecule has 0 bridgehead atoms. The molecule has 0 unspecified atom stereocenters. The maximum absolute atomic E-state index is 11.8. The van der Waals surface area contributed by atoms with E-state index in [2.05, 4.69) is 15.1 Å². The van der Waals surface area contributed by atoms with E-state index in [-0.39, 0.29) is 12.5 Å². The fourth-order valence-electron chi connectivity index (χ4n) is 1.77. The number of carbonyl (C=O) groups is 2. The highest BCUT2D eigenvalue weighted by Gasteiger charge is 2.13. The largest absolute Gasteiger partial charge is 0.539 e. The monoisotopic (exact) mass is 319 g/mol. The van der Waals surface area contributed by atoms with Gasteiger partial charge in [-0.1, -0.05) is 18.0 Å². The minimum absolute atomic E-state index is 0.146. The molecule has 0 aliphatic heterocycles. The van der Waals surface area contributed by atoms with Crippen LogP contribution in [-0.2, 0) is 16.1 Å². The van der Waals surface area contributed by atoms with E-state index in [4.69, 9.17) is 4.74 Å². The molecule has 0 aliphatic rings. The molecule has 0 radical (unpaired) electrons. The van der Waals surface area contributed by atoms with Crippen molar-refractivity contribution in [3.63, 3.8) is 0 Å². The van der Waals surface area contributed by atoms with Crippen molar-refractivity contribution in [2.75, 3.05) is 11.9 Å². The van der Waals surface area contributed by atoms with Gasteiger partial charge in [-0.3, -0.25) is 4.79 Å². The molecule has 8 heteroatoms. The predicted octanol–water partition coefficient (Wildman–Crippen LogP) is 0.631. The van der Waals surface area contributed by atoms with Gasteiger partial charge in [0.25, 0.3) is 12.5 Å². The van der Waals surface area contributed by atoms with Crippen LogP contribution >= 0.6 is 0 Å². The van der Waals surface area contributed by atoms with Crippen molar-refractivity contribution in [3.05, 3.63) is 36.0 Å². The summed E-state index contributed by atoms with van der Waals surface area (Å²) in [6.07, 6.45) is 2.86. The number of anilines is 1. The van der Waals surface area contributed by atoms with Crippen LogP contribution in [0.15, 0.2) is 35.0 Å². The van der Waals surface area contributed by atoms with Crippen LogP contribution in [0.3, 0.4) is 0 Å². The van der Waals surface area contributed by atoms with Gasteiger partial charge in [0, 0.05) is 5.69 Å².